The lowest BCUT2D eigenvalue weighted by atomic mass is 10.1. The molecule has 0 spiro atoms. The number of carbonyl (C=O) groups excluding carboxylic acids is 1. The molecule has 0 saturated heterocycles. The van der Waals surface area contributed by atoms with Crippen molar-refractivity contribution in [3.63, 3.8) is 0 Å². The van der Waals surface area contributed by atoms with Gasteiger partial charge in [0.15, 0.2) is 0 Å². The van der Waals surface area contributed by atoms with E-state index in [2.05, 4.69) is 24.3 Å². The number of Topliss-reactive ketones (excluding diaryl/α,β-unsaturated/α-hetero) is 1. The van der Waals surface area contributed by atoms with Crippen LogP contribution >= 0.6 is 0 Å². The van der Waals surface area contributed by atoms with Gasteiger partial charge in [-0.05, 0) is 49.7 Å². The lowest BCUT2D eigenvalue weighted by Gasteiger charge is -2.06. The second-order valence-corrected chi connectivity index (χ2v) is 5.23. The second-order valence-electron chi connectivity index (χ2n) is 5.23. The number of carbonyl (C=O) groups is 1. The summed E-state index contributed by atoms with van der Waals surface area (Å²) in [4.78, 5) is 10.8. The zero-order chi connectivity index (χ0) is 12.8. The Hall–Kier alpha value is -1.15. The largest absolute Gasteiger partial charge is 0.377 e. The minimum Gasteiger partial charge on any atom is -0.377 e. The highest BCUT2D eigenvalue weighted by Crippen LogP contribution is 2.40. The molecule has 1 aliphatic carbocycles. The van der Waals surface area contributed by atoms with E-state index in [1.807, 2.05) is 0 Å². The van der Waals surface area contributed by atoms with Crippen LogP contribution in [0.25, 0.3) is 0 Å². The first-order valence-electron chi connectivity index (χ1n) is 6.92. The van der Waals surface area contributed by atoms with Crippen LogP contribution in [0.15, 0.2) is 24.3 Å². The lowest BCUT2D eigenvalue weighted by Crippen LogP contribution is -1.98. The van der Waals surface area contributed by atoms with E-state index in [4.69, 9.17) is 4.74 Å². The molecule has 98 valence electrons. The van der Waals surface area contributed by atoms with Gasteiger partial charge in [-0.1, -0.05) is 24.3 Å². The number of unbranched alkanes of at least 4 members (excludes halogenated alkanes) is 1. The van der Waals surface area contributed by atoms with Crippen molar-refractivity contribution in [2.75, 3.05) is 6.61 Å². The Bertz CT molecular complexity index is 394. The van der Waals surface area contributed by atoms with Crippen LogP contribution in [0.3, 0.4) is 0 Å². The van der Waals surface area contributed by atoms with Gasteiger partial charge in [-0.25, -0.2) is 0 Å². The zero-order valence-corrected chi connectivity index (χ0v) is 11.2. The summed E-state index contributed by atoms with van der Waals surface area (Å²) < 4.78 is 5.65. The predicted molar refractivity (Wildman–Crippen MR) is 72.6 cm³/mol. The molecule has 0 bridgehead atoms. The minimum atomic E-state index is 0.270. The van der Waals surface area contributed by atoms with E-state index >= 15 is 0 Å². The maximum Gasteiger partial charge on any atom is 0.129 e. The monoisotopic (exact) mass is 246 g/mol. The Labute approximate surface area is 109 Å². The molecule has 2 rings (SSSR count). The van der Waals surface area contributed by atoms with Crippen LogP contribution < -0.4 is 0 Å². The summed E-state index contributed by atoms with van der Waals surface area (Å²) >= 11 is 0. The van der Waals surface area contributed by atoms with Crippen molar-refractivity contribution in [3.05, 3.63) is 35.4 Å². The van der Waals surface area contributed by atoms with Gasteiger partial charge >= 0.3 is 0 Å². The molecule has 1 aliphatic rings. The molecule has 1 aromatic rings. The van der Waals surface area contributed by atoms with Crippen molar-refractivity contribution in [3.8, 4) is 0 Å². The third-order valence-corrected chi connectivity index (χ3v) is 3.34. The summed E-state index contributed by atoms with van der Waals surface area (Å²) in [6.07, 6.45) is 5.28. The lowest BCUT2D eigenvalue weighted by molar-refractivity contribution is -0.117. The fourth-order valence-electron chi connectivity index (χ4n) is 2.12. The van der Waals surface area contributed by atoms with Gasteiger partial charge in [0.05, 0.1) is 6.61 Å². The Kier molecular flexibility index (Phi) is 4.94. The van der Waals surface area contributed by atoms with Crippen molar-refractivity contribution < 1.29 is 9.53 Å². The van der Waals surface area contributed by atoms with E-state index < -0.39 is 0 Å². The van der Waals surface area contributed by atoms with E-state index in [0.29, 0.717) is 13.0 Å². The normalized spacial score (nSPS) is 14.7. The molecule has 0 aliphatic heterocycles. The first-order chi connectivity index (χ1) is 8.75. The van der Waals surface area contributed by atoms with Crippen molar-refractivity contribution in [1.82, 2.24) is 0 Å². The fraction of sp³-hybridized carbons (Fsp3) is 0.562. The number of ketones is 1. The molecule has 0 N–H and O–H groups in total. The second kappa shape index (κ2) is 6.69. The summed E-state index contributed by atoms with van der Waals surface area (Å²) in [7, 11) is 0. The third kappa shape index (κ3) is 4.61. The highest BCUT2D eigenvalue weighted by Gasteiger charge is 2.23. The van der Waals surface area contributed by atoms with E-state index in [1.54, 1.807) is 6.92 Å². The van der Waals surface area contributed by atoms with Crippen molar-refractivity contribution >= 4 is 5.78 Å². The average molecular weight is 246 g/mol. The van der Waals surface area contributed by atoms with Crippen LogP contribution in [-0.2, 0) is 16.1 Å². The highest BCUT2D eigenvalue weighted by atomic mass is 16.5. The van der Waals surface area contributed by atoms with Gasteiger partial charge in [0.2, 0.25) is 0 Å². The van der Waals surface area contributed by atoms with Crippen LogP contribution in [0.1, 0.15) is 56.1 Å². The SMILES string of the molecule is CC(=O)CCCCOCc1cccc(C2CC2)c1. The first-order valence-corrected chi connectivity index (χ1v) is 6.92. The smallest absolute Gasteiger partial charge is 0.129 e. The molecule has 0 aromatic heterocycles. The van der Waals surface area contributed by atoms with Crippen molar-refractivity contribution in [2.45, 2.75) is 51.6 Å². The molecule has 0 heterocycles. The minimum absolute atomic E-state index is 0.270. The average Bonchev–Trinajstić information content (AvgIpc) is 3.18. The summed E-state index contributed by atoms with van der Waals surface area (Å²) in [5, 5.41) is 0. The quantitative estimate of drug-likeness (QED) is 0.651. The molecule has 0 radical (unpaired) electrons. The molecule has 0 amide bonds. The predicted octanol–water partition coefficient (Wildman–Crippen LogP) is 3.84. The molecule has 1 fully saturated rings. The van der Waals surface area contributed by atoms with Gasteiger partial charge in [-0.15, -0.1) is 0 Å². The van der Waals surface area contributed by atoms with E-state index in [0.717, 1.165) is 25.4 Å². The molecular weight excluding hydrogens is 224 g/mol. The molecule has 0 atom stereocenters. The van der Waals surface area contributed by atoms with Crippen molar-refractivity contribution in [1.29, 1.82) is 0 Å². The number of rotatable bonds is 8. The van der Waals surface area contributed by atoms with E-state index in [1.165, 1.54) is 24.0 Å². The maximum atomic E-state index is 10.8. The molecule has 1 aromatic carbocycles. The van der Waals surface area contributed by atoms with Gasteiger partial charge in [0.1, 0.15) is 5.78 Å². The maximum absolute atomic E-state index is 10.8. The van der Waals surface area contributed by atoms with Gasteiger partial charge in [-0.2, -0.15) is 0 Å². The van der Waals surface area contributed by atoms with Crippen LogP contribution in [0.5, 0.6) is 0 Å². The molecule has 18 heavy (non-hydrogen) atoms. The van der Waals surface area contributed by atoms with Crippen molar-refractivity contribution in [2.24, 2.45) is 0 Å². The summed E-state index contributed by atoms with van der Waals surface area (Å²) in [6, 6.07) is 8.74. The molecule has 1 saturated carbocycles. The van der Waals surface area contributed by atoms with Crippen LogP contribution in [0.2, 0.25) is 0 Å². The topological polar surface area (TPSA) is 26.3 Å². The summed E-state index contributed by atoms with van der Waals surface area (Å²) in [6.45, 7) is 3.09. The standard InChI is InChI=1S/C16H22O2/c1-13(17)5-2-3-10-18-12-14-6-4-7-16(11-14)15-8-9-15/h4,6-7,11,15H,2-3,5,8-10,12H2,1H3. The number of ether oxygens (including phenoxy) is 1. The van der Waals surface area contributed by atoms with Gasteiger partial charge in [-0.3, -0.25) is 0 Å². The fourth-order valence-corrected chi connectivity index (χ4v) is 2.12. The molecule has 2 nitrogen and oxygen atoms in total. The van der Waals surface area contributed by atoms with E-state index in [9.17, 15) is 4.79 Å². The Morgan fingerprint density at radius 3 is 2.89 bits per heavy atom. The van der Waals surface area contributed by atoms with E-state index in [-0.39, 0.29) is 5.78 Å². The van der Waals surface area contributed by atoms with Crippen LogP contribution in [-0.4, -0.2) is 12.4 Å². The molecule has 2 heteroatoms. The number of benzene rings is 1. The molecular formula is C16H22O2. The third-order valence-electron chi connectivity index (χ3n) is 3.34. The summed E-state index contributed by atoms with van der Waals surface area (Å²) in [5.74, 6) is 1.08. The first kappa shape index (κ1) is 13.3. The Balaban J connectivity index is 1.64. The van der Waals surface area contributed by atoms with Gasteiger partial charge in [0, 0.05) is 13.0 Å². The Morgan fingerprint density at radius 2 is 2.17 bits per heavy atom. The highest BCUT2D eigenvalue weighted by molar-refractivity contribution is 5.75. The number of hydrogen-bond acceptors (Lipinski definition) is 2. The van der Waals surface area contributed by atoms with Crippen LogP contribution in [0, 0.1) is 0 Å². The zero-order valence-electron chi connectivity index (χ0n) is 11.2. The van der Waals surface area contributed by atoms with Gasteiger partial charge in [0.25, 0.3) is 0 Å². The van der Waals surface area contributed by atoms with Gasteiger partial charge < -0.3 is 9.53 Å². The Morgan fingerprint density at radius 1 is 1.33 bits per heavy atom. The molecule has 0 unspecified atom stereocenters. The number of hydrogen-bond donors (Lipinski definition) is 0. The summed E-state index contributed by atoms with van der Waals surface area (Å²) in [5.41, 5.74) is 2.73. The van der Waals surface area contributed by atoms with Crippen LogP contribution in [0.4, 0.5) is 0 Å².